The normalized spacial score (nSPS) is 10.9. The fourth-order valence-corrected chi connectivity index (χ4v) is 3.23. The SMILES string of the molecule is Cc1ccc(C)c(SCc2nnc(-c3ccccc3Cl)o2)c1. The maximum atomic E-state index is 6.15. The predicted molar refractivity (Wildman–Crippen MR) is 90.2 cm³/mol. The van der Waals surface area contributed by atoms with Gasteiger partial charge < -0.3 is 4.42 Å². The molecule has 3 rings (SSSR count). The first-order chi connectivity index (χ1) is 10.6. The van der Waals surface area contributed by atoms with Crippen LogP contribution >= 0.6 is 23.4 Å². The number of benzene rings is 2. The third kappa shape index (κ3) is 3.34. The van der Waals surface area contributed by atoms with E-state index in [0.717, 1.165) is 5.56 Å². The molecule has 0 radical (unpaired) electrons. The Morgan fingerprint density at radius 2 is 1.91 bits per heavy atom. The molecule has 0 spiro atoms. The zero-order valence-corrected chi connectivity index (χ0v) is 13.9. The fraction of sp³-hybridized carbons (Fsp3) is 0.176. The Balaban J connectivity index is 1.75. The van der Waals surface area contributed by atoms with Crippen molar-refractivity contribution in [3.63, 3.8) is 0 Å². The van der Waals surface area contributed by atoms with Crippen LogP contribution in [0, 0.1) is 13.8 Å². The third-order valence-electron chi connectivity index (χ3n) is 3.27. The fourth-order valence-electron chi connectivity index (χ4n) is 2.06. The first kappa shape index (κ1) is 15.1. The van der Waals surface area contributed by atoms with Gasteiger partial charge in [-0.15, -0.1) is 22.0 Å². The van der Waals surface area contributed by atoms with Crippen LogP contribution in [0.4, 0.5) is 0 Å². The van der Waals surface area contributed by atoms with Gasteiger partial charge in [0.15, 0.2) is 0 Å². The second-order valence-corrected chi connectivity index (χ2v) is 6.46. The Labute approximate surface area is 138 Å². The van der Waals surface area contributed by atoms with Crippen LogP contribution in [0.5, 0.6) is 0 Å². The summed E-state index contributed by atoms with van der Waals surface area (Å²) in [6.07, 6.45) is 0. The third-order valence-corrected chi connectivity index (χ3v) is 4.74. The molecular formula is C17H15ClN2OS. The standard InChI is InChI=1S/C17H15ClN2OS/c1-11-7-8-12(2)15(9-11)22-10-16-19-20-17(21-16)13-5-3-4-6-14(13)18/h3-9H,10H2,1-2H3. The number of halogens is 1. The lowest BCUT2D eigenvalue weighted by atomic mass is 10.2. The Hall–Kier alpha value is -1.78. The first-order valence-electron chi connectivity index (χ1n) is 6.91. The molecule has 112 valence electrons. The molecule has 0 aliphatic carbocycles. The molecule has 0 N–H and O–H groups in total. The van der Waals surface area contributed by atoms with E-state index in [-0.39, 0.29) is 0 Å². The van der Waals surface area contributed by atoms with Gasteiger partial charge in [-0.1, -0.05) is 41.4 Å². The summed E-state index contributed by atoms with van der Waals surface area (Å²) in [6, 6.07) is 13.9. The quantitative estimate of drug-likeness (QED) is 0.608. The Bertz CT molecular complexity index is 801. The van der Waals surface area contributed by atoms with Crippen LogP contribution < -0.4 is 0 Å². The maximum Gasteiger partial charge on any atom is 0.249 e. The Morgan fingerprint density at radius 3 is 2.73 bits per heavy atom. The van der Waals surface area contributed by atoms with Crippen molar-refractivity contribution in [2.45, 2.75) is 24.5 Å². The average Bonchev–Trinajstić information content (AvgIpc) is 2.97. The molecule has 0 atom stereocenters. The van der Waals surface area contributed by atoms with Crippen molar-refractivity contribution in [1.82, 2.24) is 10.2 Å². The number of aromatic nitrogens is 2. The maximum absolute atomic E-state index is 6.15. The summed E-state index contributed by atoms with van der Waals surface area (Å²) in [4.78, 5) is 1.23. The van der Waals surface area contributed by atoms with E-state index < -0.39 is 0 Å². The molecule has 2 aromatic carbocycles. The number of hydrogen-bond acceptors (Lipinski definition) is 4. The number of nitrogens with zero attached hydrogens (tertiary/aromatic N) is 2. The number of aryl methyl sites for hydroxylation is 2. The van der Waals surface area contributed by atoms with Crippen molar-refractivity contribution < 1.29 is 4.42 Å². The monoisotopic (exact) mass is 330 g/mol. The molecule has 0 aliphatic rings. The summed E-state index contributed by atoms with van der Waals surface area (Å²) < 4.78 is 5.71. The van der Waals surface area contributed by atoms with E-state index in [1.807, 2.05) is 24.3 Å². The summed E-state index contributed by atoms with van der Waals surface area (Å²) in [6.45, 7) is 4.19. The molecule has 0 aliphatic heterocycles. The highest BCUT2D eigenvalue weighted by Crippen LogP contribution is 2.29. The van der Waals surface area contributed by atoms with E-state index in [0.29, 0.717) is 22.6 Å². The van der Waals surface area contributed by atoms with E-state index in [1.165, 1.54) is 16.0 Å². The minimum absolute atomic E-state index is 0.460. The van der Waals surface area contributed by atoms with Crippen LogP contribution in [0.2, 0.25) is 5.02 Å². The highest BCUT2D eigenvalue weighted by atomic mass is 35.5. The van der Waals surface area contributed by atoms with Gasteiger partial charge in [-0.2, -0.15) is 0 Å². The van der Waals surface area contributed by atoms with Crippen molar-refractivity contribution in [2.24, 2.45) is 0 Å². The van der Waals surface area contributed by atoms with Crippen LogP contribution in [0.1, 0.15) is 17.0 Å². The Kier molecular flexibility index (Phi) is 4.50. The zero-order valence-electron chi connectivity index (χ0n) is 12.3. The predicted octanol–water partition coefficient (Wildman–Crippen LogP) is 5.30. The van der Waals surface area contributed by atoms with Gasteiger partial charge in [0.1, 0.15) is 0 Å². The van der Waals surface area contributed by atoms with Gasteiger partial charge in [0.25, 0.3) is 0 Å². The van der Waals surface area contributed by atoms with Gasteiger partial charge in [-0.25, -0.2) is 0 Å². The van der Waals surface area contributed by atoms with E-state index in [1.54, 1.807) is 11.8 Å². The second kappa shape index (κ2) is 6.55. The van der Waals surface area contributed by atoms with Gasteiger partial charge in [-0.3, -0.25) is 0 Å². The van der Waals surface area contributed by atoms with Gasteiger partial charge in [-0.05, 0) is 37.6 Å². The van der Waals surface area contributed by atoms with Crippen LogP contribution in [0.25, 0.3) is 11.5 Å². The molecule has 0 saturated carbocycles. The van der Waals surface area contributed by atoms with E-state index in [4.69, 9.17) is 16.0 Å². The van der Waals surface area contributed by atoms with Gasteiger partial charge in [0.2, 0.25) is 11.8 Å². The molecule has 3 nitrogen and oxygen atoms in total. The van der Waals surface area contributed by atoms with Gasteiger partial charge >= 0.3 is 0 Å². The molecule has 5 heteroatoms. The molecule has 1 heterocycles. The molecule has 0 unspecified atom stereocenters. The van der Waals surface area contributed by atoms with E-state index in [2.05, 4.69) is 42.2 Å². The van der Waals surface area contributed by atoms with Crippen molar-refractivity contribution in [3.8, 4) is 11.5 Å². The highest BCUT2D eigenvalue weighted by Gasteiger charge is 2.12. The zero-order chi connectivity index (χ0) is 15.5. The topological polar surface area (TPSA) is 38.9 Å². The molecular weight excluding hydrogens is 316 g/mol. The highest BCUT2D eigenvalue weighted by molar-refractivity contribution is 7.98. The Morgan fingerprint density at radius 1 is 1.09 bits per heavy atom. The van der Waals surface area contributed by atoms with Crippen LogP contribution in [0.3, 0.4) is 0 Å². The molecule has 3 aromatic rings. The number of hydrogen-bond donors (Lipinski definition) is 0. The van der Waals surface area contributed by atoms with Crippen molar-refractivity contribution >= 4 is 23.4 Å². The summed E-state index contributed by atoms with van der Waals surface area (Å²) in [5.41, 5.74) is 3.26. The lowest BCUT2D eigenvalue weighted by Gasteiger charge is -2.04. The van der Waals surface area contributed by atoms with Crippen molar-refractivity contribution in [1.29, 1.82) is 0 Å². The van der Waals surface area contributed by atoms with Crippen LogP contribution in [-0.2, 0) is 5.75 Å². The van der Waals surface area contributed by atoms with Crippen LogP contribution in [0.15, 0.2) is 51.8 Å². The first-order valence-corrected chi connectivity index (χ1v) is 8.27. The van der Waals surface area contributed by atoms with Crippen LogP contribution in [-0.4, -0.2) is 10.2 Å². The average molecular weight is 331 g/mol. The molecule has 0 fully saturated rings. The molecule has 0 amide bonds. The van der Waals surface area contributed by atoms with Gasteiger partial charge in [0.05, 0.1) is 16.3 Å². The molecule has 0 saturated heterocycles. The minimum Gasteiger partial charge on any atom is -0.420 e. The summed E-state index contributed by atoms with van der Waals surface area (Å²) in [7, 11) is 0. The van der Waals surface area contributed by atoms with E-state index in [9.17, 15) is 0 Å². The van der Waals surface area contributed by atoms with E-state index >= 15 is 0 Å². The minimum atomic E-state index is 0.460. The van der Waals surface area contributed by atoms with Crippen molar-refractivity contribution in [2.75, 3.05) is 0 Å². The molecule has 0 bridgehead atoms. The molecule has 22 heavy (non-hydrogen) atoms. The smallest absolute Gasteiger partial charge is 0.249 e. The van der Waals surface area contributed by atoms with Gasteiger partial charge in [0, 0.05) is 4.90 Å². The largest absolute Gasteiger partial charge is 0.420 e. The summed E-state index contributed by atoms with van der Waals surface area (Å²) >= 11 is 7.84. The lowest BCUT2D eigenvalue weighted by molar-refractivity contribution is 0.528. The number of thioether (sulfide) groups is 1. The summed E-state index contributed by atoms with van der Waals surface area (Å²) in [5.74, 6) is 1.70. The second-order valence-electron chi connectivity index (χ2n) is 5.04. The summed E-state index contributed by atoms with van der Waals surface area (Å²) in [5, 5.41) is 8.80. The molecule has 1 aromatic heterocycles. The number of rotatable bonds is 4. The lowest BCUT2D eigenvalue weighted by Crippen LogP contribution is -1.84. The van der Waals surface area contributed by atoms with Crippen molar-refractivity contribution in [3.05, 3.63) is 64.5 Å².